The fraction of sp³-hybridized carbons (Fsp3) is 0.483. The van der Waals surface area contributed by atoms with E-state index in [-0.39, 0.29) is 23.8 Å². The number of aryl methyl sites for hydroxylation is 4. The molecular weight excluding hydrogens is 438 g/mol. The van der Waals surface area contributed by atoms with Crippen LogP contribution in [0, 0.1) is 33.6 Å². The zero-order chi connectivity index (χ0) is 25.1. The minimum absolute atomic E-state index is 0.00487. The van der Waals surface area contributed by atoms with Gasteiger partial charge >= 0.3 is 5.97 Å². The topological polar surface area (TPSA) is 62.2 Å². The fourth-order valence-corrected chi connectivity index (χ4v) is 5.25. The number of nitrogens with zero attached hydrogens (tertiary/aromatic N) is 3. The number of ether oxygens (including phenoxy) is 1. The van der Waals surface area contributed by atoms with Crippen molar-refractivity contribution in [2.75, 3.05) is 26.2 Å². The maximum atomic E-state index is 13.6. The van der Waals surface area contributed by atoms with Crippen molar-refractivity contribution in [2.45, 2.75) is 59.9 Å². The molecular formula is C29H37N3O3. The molecule has 1 unspecified atom stereocenters. The molecule has 1 fully saturated rings. The number of esters is 1. The number of amides is 1. The van der Waals surface area contributed by atoms with Crippen LogP contribution in [0.25, 0.3) is 0 Å². The predicted molar refractivity (Wildman–Crippen MR) is 138 cm³/mol. The van der Waals surface area contributed by atoms with E-state index in [9.17, 15) is 9.59 Å². The molecule has 0 bridgehead atoms. The monoisotopic (exact) mass is 475 g/mol. The first kappa shape index (κ1) is 25.1. The number of hydrogen-bond acceptors (Lipinski definition) is 5. The Bertz CT molecular complexity index is 1130. The third kappa shape index (κ3) is 5.64. The summed E-state index contributed by atoms with van der Waals surface area (Å²) in [7, 11) is 0. The quantitative estimate of drug-likeness (QED) is 0.559. The van der Waals surface area contributed by atoms with Gasteiger partial charge < -0.3 is 4.74 Å². The zero-order valence-corrected chi connectivity index (χ0v) is 21.6. The lowest BCUT2D eigenvalue weighted by Crippen LogP contribution is -2.43. The summed E-state index contributed by atoms with van der Waals surface area (Å²) in [4.78, 5) is 27.8. The van der Waals surface area contributed by atoms with E-state index in [1.807, 2.05) is 6.92 Å². The Hall–Kier alpha value is -2.99. The summed E-state index contributed by atoms with van der Waals surface area (Å²) in [5, 5.41) is 6.63. The zero-order valence-electron chi connectivity index (χ0n) is 21.6. The molecule has 1 saturated heterocycles. The smallest absolute Gasteiger partial charge is 0.309 e. The van der Waals surface area contributed by atoms with Gasteiger partial charge in [-0.15, -0.1) is 0 Å². The van der Waals surface area contributed by atoms with Crippen molar-refractivity contribution >= 4 is 17.6 Å². The van der Waals surface area contributed by atoms with Crippen LogP contribution in [-0.4, -0.2) is 53.7 Å². The largest absolute Gasteiger partial charge is 0.466 e. The van der Waals surface area contributed by atoms with E-state index in [2.05, 4.69) is 69.0 Å². The van der Waals surface area contributed by atoms with Crippen LogP contribution in [0.1, 0.15) is 65.6 Å². The van der Waals surface area contributed by atoms with Crippen LogP contribution >= 0.6 is 0 Å². The van der Waals surface area contributed by atoms with E-state index in [1.165, 1.54) is 22.3 Å². The van der Waals surface area contributed by atoms with E-state index in [0.717, 1.165) is 29.7 Å². The molecule has 4 rings (SSSR count). The molecule has 0 radical (unpaired) electrons. The van der Waals surface area contributed by atoms with Crippen LogP contribution in [-0.2, 0) is 14.3 Å². The standard InChI is InChI=1S/C29H37N3O3/c1-6-35-29(34)23-11-13-31(14-12-23)18-28(33)32-27(25-16-20(3)7-9-21(25)4)17-26(30-32)24-10-8-19(2)15-22(24)5/h7-10,15-16,23,27H,6,11-14,17-18H2,1-5H3. The van der Waals surface area contributed by atoms with E-state index in [0.29, 0.717) is 32.7 Å². The molecule has 2 aromatic rings. The number of hydrazone groups is 1. The van der Waals surface area contributed by atoms with E-state index >= 15 is 0 Å². The number of benzene rings is 2. The van der Waals surface area contributed by atoms with Crippen LogP contribution in [0.4, 0.5) is 0 Å². The number of likely N-dealkylation sites (tertiary alicyclic amines) is 1. The second-order valence-corrected chi connectivity index (χ2v) is 9.99. The summed E-state index contributed by atoms with van der Waals surface area (Å²) in [5.74, 6) is -0.175. The summed E-state index contributed by atoms with van der Waals surface area (Å²) in [6.07, 6.45) is 2.15. The van der Waals surface area contributed by atoms with Crippen molar-refractivity contribution in [3.8, 4) is 0 Å². The summed E-state index contributed by atoms with van der Waals surface area (Å²) < 4.78 is 5.18. The minimum atomic E-state index is -0.116. The number of carbonyl (C=O) groups is 2. The highest BCUT2D eigenvalue weighted by molar-refractivity contribution is 6.04. The Kier molecular flexibility index (Phi) is 7.70. The molecule has 0 aromatic heterocycles. The van der Waals surface area contributed by atoms with Crippen molar-refractivity contribution in [3.05, 3.63) is 69.8 Å². The summed E-state index contributed by atoms with van der Waals surface area (Å²) in [6.45, 7) is 12.4. The number of piperidine rings is 1. The van der Waals surface area contributed by atoms with E-state index < -0.39 is 0 Å². The van der Waals surface area contributed by atoms with Gasteiger partial charge in [0.15, 0.2) is 0 Å². The Morgan fingerprint density at radius 3 is 2.34 bits per heavy atom. The van der Waals surface area contributed by atoms with Crippen LogP contribution in [0.5, 0.6) is 0 Å². The molecule has 0 aliphatic carbocycles. The third-order valence-electron chi connectivity index (χ3n) is 7.22. The number of carbonyl (C=O) groups excluding carboxylic acids is 2. The van der Waals surface area contributed by atoms with Crippen molar-refractivity contribution in [1.82, 2.24) is 9.91 Å². The summed E-state index contributed by atoms with van der Waals surface area (Å²) in [6, 6.07) is 12.7. The average Bonchev–Trinajstić information content (AvgIpc) is 3.26. The molecule has 2 aromatic carbocycles. The van der Waals surface area contributed by atoms with E-state index in [4.69, 9.17) is 9.84 Å². The molecule has 1 atom stereocenters. The van der Waals surface area contributed by atoms with Crippen LogP contribution in [0.2, 0.25) is 0 Å². The Morgan fingerprint density at radius 2 is 1.66 bits per heavy atom. The van der Waals surface area contributed by atoms with Crippen molar-refractivity contribution in [1.29, 1.82) is 0 Å². The lowest BCUT2D eigenvalue weighted by Gasteiger charge is -2.32. The van der Waals surface area contributed by atoms with E-state index in [1.54, 1.807) is 5.01 Å². The maximum absolute atomic E-state index is 13.6. The van der Waals surface area contributed by atoms with Crippen LogP contribution in [0.15, 0.2) is 41.5 Å². The predicted octanol–water partition coefficient (Wildman–Crippen LogP) is 4.87. The van der Waals surface area contributed by atoms with Crippen LogP contribution < -0.4 is 0 Å². The lowest BCUT2D eigenvalue weighted by molar-refractivity contribution is -0.149. The van der Waals surface area contributed by atoms with Gasteiger partial charge in [-0.3, -0.25) is 14.5 Å². The molecule has 0 N–H and O–H groups in total. The van der Waals surface area contributed by atoms with Gasteiger partial charge in [-0.1, -0.05) is 47.5 Å². The SMILES string of the molecule is CCOC(=O)C1CCN(CC(=O)N2N=C(c3ccc(C)cc3C)CC2c2cc(C)ccc2C)CC1. The van der Waals surface area contributed by atoms with Gasteiger partial charge in [0.25, 0.3) is 5.91 Å². The first-order valence-corrected chi connectivity index (χ1v) is 12.7. The van der Waals surface area contributed by atoms with Gasteiger partial charge in [0.2, 0.25) is 0 Å². The third-order valence-corrected chi connectivity index (χ3v) is 7.22. The van der Waals surface area contributed by atoms with Gasteiger partial charge in [0.05, 0.1) is 30.8 Å². The minimum Gasteiger partial charge on any atom is -0.466 e. The first-order chi connectivity index (χ1) is 16.8. The Morgan fingerprint density at radius 1 is 0.971 bits per heavy atom. The molecule has 0 spiro atoms. The van der Waals surface area contributed by atoms with Gasteiger partial charge in [-0.05, 0) is 77.2 Å². The molecule has 35 heavy (non-hydrogen) atoms. The highest BCUT2D eigenvalue weighted by atomic mass is 16.5. The Balaban J connectivity index is 1.55. The fourth-order valence-electron chi connectivity index (χ4n) is 5.25. The first-order valence-electron chi connectivity index (χ1n) is 12.7. The molecule has 2 aliphatic rings. The molecule has 1 amide bonds. The second kappa shape index (κ2) is 10.7. The normalized spacial score (nSPS) is 19.1. The highest BCUT2D eigenvalue weighted by Crippen LogP contribution is 2.36. The number of rotatable bonds is 6. The van der Waals surface area contributed by atoms with Crippen LogP contribution in [0.3, 0.4) is 0 Å². The van der Waals surface area contributed by atoms with Gasteiger partial charge in [0.1, 0.15) is 0 Å². The number of hydrogen-bond donors (Lipinski definition) is 0. The molecule has 2 aliphatic heterocycles. The second-order valence-electron chi connectivity index (χ2n) is 9.99. The van der Waals surface area contributed by atoms with Gasteiger partial charge in [-0.2, -0.15) is 5.10 Å². The molecule has 186 valence electrons. The summed E-state index contributed by atoms with van der Waals surface area (Å²) >= 11 is 0. The molecule has 6 nitrogen and oxygen atoms in total. The molecule has 2 heterocycles. The highest BCUT2D eigenvalue weighted by Gasteiger charge is 2.36. The maximum Gasteiger partial charge on any atom is 0.309 e. The van der Waals surface area contributed by atoms with Gasteiger partial charge in [0, 0.05) is 12.0 Å². The van der Waals surface area contributed by atoms with Gasteiger partial charge in [-0.25, -0.2) is 5.01 Å². The van der Waals surface area contributed by atoms with Crippen molar-refractivity contribution in [2.24, 2.45) is 11.0 Å². The average molecular weight is 476 g/mol. The molecule has 0 saturated carbocycles. The van der Waals surface area contributed by atoms with Crippen molar-refractivity contribution in [3.63, 3.8) is 0 Å². The lowest BCUT2D eigenvalue weighted by atomic mass is 9.92. The Labute approximate surface area is 209 Å². The molecule has 6 heteroatoms. The van der Waals surface area contributed by atoms with Crippen molar-refractivity contribution < 1.29 is 14.3 Å². The summed E-state index contributed by atoms with van der Waals surface area (Å²) in [5.41, 5.74) is 7.97.